The molecule has 2 N–H and O–H groups in total. The van der Waals surface area contributed by atoms with E-state index in [-0.39, 0.29) is 36.0 Å². The van der Waals surface area contributed by atoms with Gasteiger partial charge in [0, 0.05) is 12.7 Å². The number of fused-ring (bicyclic) bond motifs is 1. The SMILES string of the molecule is CCC(=O)N[C@H]1Cc2cccc(C(=O)OCCS(C)(=O)=O)c2OB1O. The lowest BCUT2D eigenvalue weighted by Crippen LogP contribution is -2.53. The van der Waals surface area contributed by atoms with Crippen molar-refractivity contribution in [3.05, 3.63) is 29.3 Å². The number of nitrogens with one attached hydrogen (secondary N) is 1. The maximum absolute atomic E-state index is 12.2. The first-order valence-electron chi connectivity index (χ1n) is 7.82. The van der Waals surface area contributed by atoms with E-state index >= 15 is 0 Å². The molecule has 0 bridgehead atoms. The fraction of sp³-hybridized carbons (Fsp3) is 0.467. The Balaban J connectivity index is 2.13. The summed E-state index contributed by atoms with van der Waals surface area (Å²) in [4.78, 5) is 23.7. The molecule has 25 heavy (non-hydrogen) atoms. The number of rotatable bonds is 6. The minimum Gasteiger partial charge on any atom is -0.534 e. The summed E-state index contributed by atoms with van der Waals surface area (Å²) in [7, 11) is -4.54. The molecule has 2 rings (SSSR count). The summed E-state index contributed by atoms with van der Waals surface area (Å²) in [5.74, 6) is -1.66. The number of sulfone groups is 1. The molecule has 0 spiro atoms. The van der Waals surface area contributed by atoms with E-state index in [0.29, 0.717) is 12.0 Å². The van der Waals surface area contributed by atoms with Crippen LogP contribution in [0.1, 0.15) is 29.3 Å². The number of carbonyl (C=O) groups is 2. The van der Waals surface area contributed by atoms with E-state index in [0.717, 1.165) is 6.26 Å². The normalized spacial score (nSPS) is 16.6. The predicted octanol–water partition coefficient (Wildman–Crippen LogP) is -0.263. The average Bonchev–Trinajstić information content (AvgIpc) is 2.53. The van der Waals surface area contributed by atoms with Crippen molar-refractivity contribution >= 4 is 28.8 Å². The van der Waals surface area contributed by atoms with Gasteiger partial charge in [-0.2, -0.15) is 0 Å². The monoisotopic (exact) mass is 369 g/mol. The van der Waals surface area contributed by atoms with E-state index in [9.17, 15) is 23.0 Å². The van der Waals surface area contributed by atoms with Gasteiger partial charge in [0.15, 0.2) is 9.84 Å². The summed E-state index contributed by atoms with van der Waals surface area (Å²) >= 11 is 0. The second-order valence-electron chi connectivity index (χ2n) is 5.80. The van der Waals surface area contributed by atoms with Crippen LogP contribution < -0.4 is 9.97 Å². The lowest BCUT2D eigenvalue weighted by atomic mass is 9.72. The number of amides is 1. The maximum atomic E-state index is 12.2. The quantitative estimate of drug-likeness (QED) is 0.524. The summed E-state index contributed by atoms with van der Waals surface area (Å²) in [6.07, 6.45) is 1.63. The number of ether oxygens (including phenoxy) is 1. The van der Waals surface area contributed by atoms with Crippen molar-refractivity contribution < 1.29 is 32.4 Å². The van der Waals surface area contributed by atoms with E-state index in [1.54, 1.807) is 19.1 Å². The summed E-state index contributed by atoms with van der Waals surface area (Å²) in [5.41, 5.74) is 0.745. The number of hydrogen-bond acceptors (Lipinski definition) is 7. The van der Waals surface area contributed by atoms with Gasteiger partial charge in [-0.15, -0.1) is 0 Å². The second-order valence-corrected chi connectivity index (χ2v) is 8.06. The first-order valence-corrected chi connectivity index (χ1v) is 9.88. The third-order valence-corrected chi connectivity index (χ3v) is 4.60. The molecule has 0 fully saturated rings. The van der Waals surface area contributed by atoms with Crippen LogP contribution in [0.3, 0.4) is 0 Å². The van der Waals surface area contributed by atoms with E-state index in [2.05, 4.69) is 5.32 Å². The number of esters is 1. The fourth-order valence-electron chi connectivity index (χ4n) is 2.38. The number of para-hydroxylation sites is 1. The highest BCUT2D eigenvalue weighted by atomic mass is 32.2. The zero-order valence-corrected chi connectivity index (χ0v) is 14.8. The molecule has 1 aliphatic rings. The van der Waals surface area contributed by atoms with Gasteiger partial charge in [0.1, 0.15) is 17.9 Å². The lowest BCUT2D eigenvalue weighted by Gasteiger charge is -2.29. The molecule has 1 aromatic rings. The Bertz CT molecular complexity index is 765. The van der Waals surface area contributed by atoms with Crippen molar-refractivity contribution in [2.45, 2.75) is 25.7 Å². The van der Waals surface area contributed by atoms with E-state index in [1.807, 2.05) is 0 Å². The Kier molecular flexibility index (Phi) is 6.07. The smallest absolute Gasteiger partial charge is 0.534 e. The zero-order chi connectivity index (χ0) is 18.6. The molecule has 0 saturated heterocycles. The molecule has 0 radical (unpaired) electrons. The Morgan fingerprint density at radius 1 is 1.44 bits per heavy atom. The van der Waals surface area contributed by atoms with E-state index < -0.39 is 28.9 Å². The molecule has 1 heterocycles. The van der Waals surface area contributed by atoms with Crippen molar-refractivity contribution in [3.8, 4) is 5.75 Å². The van der Waals surface area contributed by atoms with Crippen molar-refractivity contribution in [1.29, 1.82) is 0 Å². The largest absolute Gasteiger partial charge is 0.547 e. The first kappa shape index (κ1) is 19.3. The van der Waals surface area contributed by atoms with Gasteiger partial charge in [0.25, 0.3) is 0 Å². The van der Waals surface area contributed by atoms with Crippen molar-refractivity contribution in [3.63, 3.8) is 0 Å². The van der Waals surface area contributed by atoms with Gasteiger partial charge < -0.3 is 19.7 Å². The Labute approximate surface area is 146 Å². The van der Waals surface area contributed by atoms with Crippen molar-refractivity contribution in [1.82, 2.24) is 5.32 Å². The molecule has 8 nitrogen and oxygen atoms in total. The first-order chi connectivity index (χ1) is 11.7. The Hall–Kier alpha value is -2.07. The third kappa shape index (κ3) is 5.20. The minimum atomic E-state index is -3.24. The fourth-order valence-corrected chi connectivity index (χ4v) is 2.77. The topological polar surface area (TPSA) is 119 Å². The number of hydrogen-bond donors (Lipinski definition) is 2. The van der Waals surface area contributed by atoms with Crippen LogP contribution in [-0.2, 0) is 25.8 Å². The maximum Gasteiger partial charge on any atom is 0.547 e. The Morgan fingerprint density at radius 3 is 2.80 bits per heavy atom. The molecule has 1 atom stereocenters. The van der Waals surface area contributed by atoms with Gasteiger partial charge in [0.2, 0.25) is 5.91 Å². The van der Waals surface area contributed by atoms with Gasteiger partial charge in [-0.05, 0) is 18.1 Å². The highest BCUT2D eigenvalue weighted by molar-refractivity contribution is 7.90. The molecule has 0 unspecified atom stereocenters. The molecular weight excluding hydrogens is 349 g/mol. The number of carbonyl (C=O) groups excluding carboxylic acids is 2. The summed E-state index contributed by atoms with van der Waals surface area (Å²) in [6.45, 7) is 1.43. The molecule has 1 amide bonds. The molecule has 0 aliphatic carbocycles. The molecule has 1 aliphatic heterocycles. The van der Waals surface area contributed by atoms with E-state index in [4.69, 9.17) is 9.39 Å². The molecule has 0 aromatic heterocycles. The van der Waals surface area contributed by atoms with Gasteiger partial charge in [0.05, 0.1) is 11.7 Å². The summed E-state index contributed by atoms with van der Waals surface area (Å²) < 4.78 is 32.6. The number of benzene rings is 1. The van der Waals surface area contributed by atoms with Gasteiger partial charge in [-0.1, -0.05) is 19.1 Å². The lowest BCUT2D eigenvalue weighted by molar-refractivity contribution is -0.121. The van der Waals surface area contributed by atoms with E-state index in [1.165, 1.54) is 6.07 Å². The van der Waals surface area contributed by atoms with Gasteiger partial charge in [-0.3, -0.25) is 4.79 Å². The van der Waals surface area contributed by atoms with Crippen LogP contribution in [0.2, 0.25) is 0 Å². The standard InChI is InChI=1S/C15H20BNO7S/c1-3-13(18)17-12-9-10-5-4-6-11(14(10)24-16(12)20)15(19)23-7-8-25(2,21)22/h4-6,12,20H,3,7-9H2,1-2H3,(H,17,18)/t12-/m0/s1. The van der Waals surface area contributed by atoms with Crippen LogP contribution in [0.5, 0.6) is 5.75 Å². The van der Waals surface area contributed by atoms with Crippen LogP contribution >= 0.6 is 0 Å². The predicted molar refractivity (Wildman–Crippen MR) is 91.0 cm³/mol. The molecule has 136 valence electrons. The minimum absolute atomic E-state index is 0.102. The van der Waals surface area contributed by atoms with Crippen LogP contribution in [0.15, 0.2) is 18.2 Å². The molecular formula is C15H20BNO7S. The molecule has 1 aromatic carbocycles. The third-order valence-electron chi connectivity index (χ3n) is 3.69. The average molecular weight is 369 g/mol. The van der Waals surface area contributed by atoms with Crippen LogP contribution in [0, 0.1) is 0 Å². The molecule has 0 saturated carbocycles. The van der Waals surface area contributed by atoms with Gasteiger partial charge >= 0.3 is 13.1 Å². The van der Waals surface area contributed by atoms with Crippen molar-refractivity contribution in [2.24, 2.45) is 0 Å². The highest BCUT2D eigenvalue weighted by Crippen LogP contribution is 2.30. The molecule has 10 heteroatoms. The second kappa shape index (κ2) is 7.88. The van der Waals surface area contributed by atoms with Crippen LogP contribution in [0.4, 0.5) is 0 Å². The Morgan fingerprint density at radius 2 is 2.16 bits per heavy atom. The van der Waals surface area contributed by atoms with Crippen LogP contribution in [-0.4, -0.2) is 57.0 Å². The van der Waals surface area contributed by atoms with Gasteiger partial charge in [-0.25, -0.2) is 13.2 Å². The van der Waals surface area contributed by atoms with Crippen molar-refractivity contribution in [2.75, 3.05) is 18.6 Å². The summed E-state index contributed by atoms with van der Waals surface area (Å²) in [6, 6.07) is 4.82. The van der Waals surface area contributed by atoms with Crippen LogP contribution in [0.25, 0.3) is 0 Å². The summed E-state index contributed by atoms with van der Waals surface area (Å²) in [5, 5.41) is 12.7. The highest BCUT2D eigenvalue weighted by Gasteiger charge is 2.37. The zero-order valence-electron chi connectivity index (χ0n) is 14.0.